The molecule has 3 amide bonds. The Kier molecular flexibility index (Phi) is 3.93. The van der Waals surface area contributed by atoms with Gasteiger partial charge in [-0.2, -0.15) is 5.26 Å². The molecule has 2 N–H and O–H groups in total. The van der Waals surface area contributed by atoms with Crippen LogP contribution in [-0.4, -0.2) is 29.5 Å². The molecule has 0 bridgehead atoms. The zero-order chi connectivity index (χ0) is 18.4. The number of carbonyl (C=O) groups excluding carboxylic acids is 2. The molecular formula is C18H16ClN5O2. The van der Waals surface area contributed by atoms with Crippen LogP contribution in [0.3, 0.4) is 0 Å². The maximum absolute atomic E-state index is 12.1. The summed E-state index contributed by atoms with van der Waals surface area (Å²) in [7, 11) is 0. The third kappa shape index (κ3) is 2.82. The fourth-order valence-corrected chi connectivity index (χ4v) is 3.51. The fraction of sp³-hybridized carbons (Fsp3) is 0.333. The molecular weight excluding hydrogens is 354 g/mol. The number of carbonyl (C=O) groups is 2. The Balaban J connectivity index is 1.65. The van der Waals surface area contributed by atoms with Gasteiger partial charge in [0.1, 0.15) is 5.82 Å². The highest BCUT2D eigenvalue weighted by atomic mass is 35.5. The SMILES string of the molecule is CC1CNC(=O)N1c1cc(Cl)c2cnc(NC(=O)C3CC3C#N)cc2c1. The molecule has 2 aromatic rings. The number of nitrogens with zero attached hydrogens (tertiary/aromatic N) is 3. The molecule has 1 aromatic heterocycles. The maximum atomic E-state index is 12.1. The lowest BCUT2D eigenvalue weighted by Gasteiger charge is -2.21. The molecule has 132 valence electrons. The molecule has 7 nitrogen and oxygen atoms in total. The van der Waals surface area contributed by atoms with Crippen LogP contribution in [-0.2, 0) is 4.79 Å². The predicted molar refractivity (Wildman–Crippen MR) is 97.9 cm³/mol. The third-order valence-corrected chi connectivity index (χ3v) is 5.11. The highest BCUT2D eigenvalue weighted by Crippen LogP contribution is 2.38. The van der Waals surface area contributed by atoms with Gasteiger partial charge < -0.3 is 10.6 Å². The summed E-state index contributed by atoms with van der Waals surface area (Å²) in [5.74, 6) is -0.260. The predicted octanol–water partition coefficient (Wildman–Crippen LogP) is 2.90. The Morgan fingerprint density at radius 1 is 1.46 bits per heavy atom. The topological polar surface area (TPSA) is 98.1 Å². The number of anilines is 2. The molecule has 1 saturated carbocycles. The van der Waals surface area contributed by atoms with Gasteiger partial charge >= 0.3 is 6.03 Å². The highest BCUT2D eigenvalue weighted by Gasteiger charge is 2.43. The molecule has 2 aliphatic rings. The Morgan fingerprint density at radius 3 is 2.92 bits per heavy atom. The first-order valence-corrected chi connectivity index (χ1v) is 8.72. The van der Waals surface area contributed by atoms with Crippen LogP contribution in [0.15, 0.2) is 24.4 Å². The van der Waals surface area contributed by atoms with Crippen molar-refractivity contribution in [2.75, 3.05) is 16.8 Å². The molecule has 2 fully saturated rings. The molecule has 2 heterocycles. The molecule has 1 aliphatic carbocycles. The van der Waals surface area contributed by atoms with Crippen molar-refractivity contribution < 1.29 is 9.59 Å². The van der Waals surface area contributed by atoms with Gasteiger partial charge in [0.05, 0.1) is 29.0 Å². The average molecular weight is 370 g/mol. The summed E-state index contributed by atoms with van der Waals surface area (Å²) in [6, 6.07) is 7.29. The van der Waals surface area contributed by atoms with Gasteiger partial charge in [0.2, 0.25) is 5.91 Å². The van der Waals surface area contributed by atoms with E-state index in [9.17, 15) is 9.59 Å². The molecule has 1 aliphatic heterocycles. The number of rotatable bonds is 3. The number of hydrogen-bond acceptors (Lipinski definition) is 4. The summed E-state index contributed by atoms with van der Waals surface area (Å²) in [6.45, 7) is 2.53. The first-order valence-electron chi connectivity index (χ1n) is 8.35. The maximum Gasteiger partial charge on any atom is 0.322 e. The second kappa shape index (κ2) is 6.15. The molecule has 26 heavy (non-hydrogen) atoms. The summed E-state index contributed by atoms with van der Waals surface area (Å²) in [5.41, 5.74) is 0.695. The van der Waals surface area contributed by atoms with E-state index in [0.717, 1.165) is 10.8 Å². The monoisotopic (exact) mass is 369 g/mol. The highest BCUT2D eigenvalue weighted by molar-refractivity contribution is 6.36. The van der Waals surface area contributed by atoms with Crippen molar-refractivity contribution in [1.29, 1.82) is 5.26 Å². The van der Waals surface area contributed by atoms with E-state index in [1.807, 2.05) is 13.0 Å². The van der Waals surface area contributed by atoms with Crippen molar-refractivity contribution in [3.05, 3.63) is 29.4 Å². The Bertz CT molecular complexity index is 970. The summed E-state index contributed by atoms with van der Waals surface area (Å²) in [4.78, 5) is 30.1. The summed E-state index contributed by atoms with van der Waals surface area (Å²) >= 11 is 6.37. The van der Waals surface area contributed by atoms with Gasteiger partial charge in [-0.1, -0.05) is 11.6 Å². The summed E-state index contributed by atoms with van der Waals surface area (Å²) in [6.07, 6.45) is 2.19. The number of halogens is 1. The first kappa shape index (κ1) is 16.6. The van der Waals surface area contributed by atoms with Crippen LogP contribution in [0, 0.1) is 23.2 Å². The van der Waals surface area contributed by atoms with Gasteiger partial charge in [0.25, 0.3) is 0 Å². The van der Waals surface area contributed by atoms with E-state index >= 15 is 0 Å². The minimum atomic E-state index is -0.262. The molecule has 1 aromatic carbocycles. The van der Waals surface area contributed by atoms with Gasteiger partial charge in [0.15, 0.2) is 0 Å². The van der Waals surface area contributed by atoms with Crippen LogP contribution >= 0.6 is 11.6 Å². The summed E-state index contributed by atoms with van der Waals surface area (Å²) < 4.78 is 0. The lowest BCUT2D eigenvalue weighted by molar-refractivity contribution is -0.117. The van der Waals surface area contributed by atoms with E-state index in [1.165, 1.54) is 0 Å². The number of nitriles is 1. The lowest BCUT2D eigenvalue weighted by Crippen LogP contribution is -2.32. The number of aromatic nitrogens is 1. The van der Waals surface area contributed by atoms with Crippen LogP contribution in [0.4, 0.5) is 16.3 Å². The van der Waals surface area contributed by atoms with Crippen molar-refractivity contribution in [3.63, 3.8) is 0 Å². The van der Waals surface area contributed by atoms with Gasteiger partial charge in [-0.3, -0.25) is 9.69 Å². The van der Waals surface area contributed by atoms with E-state index in [1.54, 1.807) is 23.2 Å². The Hall–Kier alpha value is -2.85. The fourth-order valence-electron chi connectivity index (χ4n) is 3.24. The molecule has 1 saturated heterocycles. The number of fused-ring (bicyclic) bond motifs is 1. The quantitative estimate of drug-likeness (QED) is 0.869. The van der Waals surface area contributed by atoms with Crippen molar-refractivity contribution in [2.24, 2.45) is 11.8 Å². The van der Waals surface area contributed by atoms with E-state index in [-0.39, 0.29) is 29.8 Å². The van der Waals surface area contributed by atoms with Gasteiger partial charge in [-0.15, -0.1) is 0 Å². The second-order valence-corrected chi connectivity index (χ2v) is 7.10. The van der Waals surface area contributed by atoms with Crippen LogP contribution < -0.4 is 15.5 Å². The molecule has 8 heteroatoms. The van der Waals surface area contributed by atoms with E-state index < -0.39 is 0 Å². The van der Waals surface area contributed by atoms with Crippen molar-refractivity contribution in [2.45, 2.75) is 19.4 Å². The second-order valence-electron chi connectivity index (χ2n) is 6.69. The van der Waals surface area contributed by atoms with Crippen LogP contribution in [0.1, 0.15) is 13.3 Å². The standard InChI is InChI=1S/C18H16ClN5O2/c1-9-7-22-18(26)24(9)12-2-10-4-16(21-8-14(10)15(19)5-12)23-17(25)13-3-11(13)6-20/h2,4-5,8-9,11,13H,3,7H2,1H3,(H,22,26)(H,21,23,25). The molecule has 3 unspecified atom stereocenters. The van der Waals surface area contributed by atoms with Crippen molar-refractivity contribution in [3.8, 4) is 6.07 Å². The smallest absolute Gasteiger partial charge is 0.322 e. The zero-order valence-corrected chi connectivity index (χ0v) is 14.7. The number of nitrogens with one attached hydrogen (secondary N) is 2. The average Bonchev–Trinajstić information content (AvgIpc) is 3.33. The normalized spacial score (nSPS) is 24.3. The largest absolute Gasteiger partial charge is 0.336 e. The number of hydrogen-bond donors (Lipinski definition) is 2. The third-order valence-electron chi connectivity index (χ3n) is 4.80. The molecule has 4 rings (SSSR count). The minimum absolute atomic E-state index is 0.0230. The van der Waals surface area contributed by atoms with Crippen molar-refractivity contribution in [1.82, 2.24) is 10.3 Å². The van der Waals surface area contributed by atoms with E-state index in [2.05, 4.69) is 21.7 Å². The van der Waals surface area contributed by atoms with E-state index in [0.29, 0.717) is 29.5 Å². The van der Waals surface area contributed by atoms with Crippen molar-refractivity contribution >= 4 is 45.8 Å². The van der Waals surface area contributed by atoms with E-state index in [4.69, 9.17) is 16.9 Å². The van der Waals surface area contributed by atoms with Gasteiger partial charge in [-0.25, -0.2) is 9.78 Å². The number of pyridine rings is 1. The minimum Gasteiger partial charge on any atom is -0.336 e. The van der Waals surface area contributed by atoms with Crippen LogP contribution in [0.2, 0.25) is 5.02 Å². The summed E-state index contributed by atoms with van der Waals surface area (Å²) in [5, 5.41) is 16.4. The molecule has 0 radical (unpaired) electrons. The first-order chi connectivity index (χ1) is 12.5. The number of amides is 3. The Morgan fingerprint density at radius 2 is 2.27 bits per heavy atom. The lowest BCUT2D eigenvalue weighted by atomic mass is 10.1. The number of urea groups is 1. The number of benzene rings is 1. The molecule has 3 atom stereocenters. The van der Waals surface area contributed by atoms with Gasteiger partial charge in [-0.05, 0) is 36.9 Å². The van der Waals surface area contributed by atoms with Gasteiger partial charge in [0, 0.05) is 23.8 Å². The molecule has 0 spiro atoms. The zero-order valence-electron chi connectivity index (χ0n) is 14.0. The van der Waals surface area contributed by atoms with Crippen LogP contribution in [0.25, 0.3) is 10.8 Å². The van der Waals surface area contributed by atoms with Crippen LogP contribution in [0.5, 0.6) is 0 Å². The Labute approximate surface area is 154 Å².